The normalized spacial score (nSPS) is 15.5. The molecule has 0 saturated carbocycles. The lowest BCUT2D eigenvalue weighted by molar-refractivity contribution is -0.193. The SMILES string of the molecule is NC(=NCN1CC[C@H](NS(=O)(=O)c2ccc3c(N)nccc3c2)C1=O)c1ccccc1.O=C(O)C(F)(F)F.O=C(O)C(F)(F)F. The van der Waals surface area contributed by atoms with Crippen LogP contribution in [0.4, 0.5) is 32.2 Å². The first-order chi connectivity index (χ1) is 20.7. The second-order valence-corrected chi connectivity index (χ2v) is 10.5. The molecule has 1 aliphatic heterocycles. The van der Waals surface area contributed by atoms with Crippen LogP contribution in [0.1, 0.15) is 12.0 Å². The van der Waals surface area contributed by atoms with E-state index in [1.165, 1.54) is 23.2 Å². The first-order valence-electron chi connectivity index (χ1n) is 12.1. The third-order valence-electron chi connectivity index (χ3n) is 5.64. The van der Waals surface area contributed by atoms with Gasteiger partial charge in [-0.3, -0.25) is 4.79 Å². The summed E-state index contributed by atoms with van der Waals surface area (Å²) >= 11 is 0. The van der Waals surface area contributed by atoms with Gasteiger partial charge in [0.1, 0.15) is 24.4 Å². The van der Waals surface area contributed by atoms with Crippen molar-refractivity contribution in [1.82, 2.24) is 14.6 Å². The summed E-state index contributed by atoms with van der Waals surface area (Å²) in [5, 5.41) is 15.6. The fourth-order valence-corrected chi connectivity index (χ4v) is 4.71. The number of carbonyl (C=O) groups is 3. The highest BCUT2D eigenvalue weighted by Gasteiger charge is 2.39. The molecule has 20 heteroatoms. The van der Waals surface area contributed by atoms with E-state index in [1.54, 1.807) is 12.1 Å². The summed E-state index contributed by atoms with van der Waals surface area (Å²) in [5.74, 6) is -5.20. The highest BCUT2D eigenvalue weighted by molar-refractivity contribution is 7.89. The van der Waals surface area contributed by atoms with Crippen LogP contribution in [0.3, 0.4) is 0 Å². The van der Waals surface area contributed by atoms with Crippen LogP contribution in [-0.2, 0) is 24.4 Å². The first kappa shape index (κ1) is 36.2. The van der Waals surface area contributed by atoms with Gasteiger partial charge in [-0.25, -0.2) is 28.0 Å². The zero-order valence-corrected chi connectivity index (χ0v) is 23.4. The van der Waals surface area contributed by atoms with Gasteiger partial charge in [0, 0.05) is 23.7 Å². The van der Waals surface area contributed by atoms with E-state index in [4.69, 9.17) is 31.3 Å². The van der Waals surface area contributed by atoms with Crippen LogP contribution in [0.15, 0.2) is 70.7 Å². The minimum absolute atomic E-state index is 0.0585. The van der Waals surface area contributed by atoms with Crippen molar-refractivity contribution in [3.05, 3.63) is 66.4 Å². The van der Waals surface area contributed by atoms with Gasteiger partial charge in [-0.2, -0.15) is 31.1 Å². The Kier molecular flexibility index (Phi) is 11.8. The number of carbonyl (C=O) groups excluding carboxylic acids is 1. The molecule has 1 atom stereocenters. The van der Waals surface area contributed by atoms with Crippen molar-refractivity contribution < 1.29 is 59.4 Å². The Bertz CT molecular complexity index is 1640. The molecule has 0 radical (unpaired) electrons. The average molecular weight is 667 g/mol. The van der Waals surface area contributed by atoms with Crippen LogP contribution in [0.2, 0.25) is 0 Å². The highest BCUT2D eigenvalue weighted by atomic mass is 32.2. The highest BCUT2D eigenvalue weighted by Crippen LogP contribution is 2.23. The quantitative estimate of drug-likeness (QED) is 0.147. The van der Waals surface area contributed by atoms with Crippen LogP contribution >= 0.6 is 0 Å². The number of amidine groups is 1. The number of halogens is 6. The third-order valence-corrected chi connectivity index (χ3v) is 7.11. The number of sulfonamides is 1. The second kappa shape index (κ2) is 14.7. The van der Waals surface area contributed by atoms with Crippen LogP contribution < -0.4 is 16.2 Å². The number of carboxylic acid groups (broad SMARTS) is 2. The Morgan fingerprint density at radius 3 is 2.09 bits per heavy atom. The molecule has 0 spiro atoms. The molecule has 1 aliphatic rings. The van der Waals surface area contributed by atoms with Crippen molar-refractivity contribution in [3.8, 4) is 0 Å². The number of aliphatic carboxylic acids is 2. The van der Waals surface area contributed by atoms with E-state index in [2.05, 4.69) is 14.7 Å². The Balaban J connectivity index is 0.000000421. The smallest absolute Gasteiger partial charge is 0.475 e. The van der Waals surface area contributed by atoms with E-state index < -0.39 is 40.4 Å². The van der Waals surface area contributed by atoms with E-state index in [9.17, 15) is 39.6 Å². The molecule has 13 nitrogen and oxygen atoms in total. The Morgan fingerprint density at radius 2 is 1.56 bits per heavy atom. The third kappa shape index (κ3) is 10.6. The largest absolute Gasteiger partial charge is 0.490 e. The van der Waals surface area contributed by atoms with Crippen LogP contribution in [0.5, 0.6) is 0 Å². The average Bonchev–Trinajstić information content (AvgIpc) is 3.29. The molecule has 2 heterocycles. The summed E-state index contributed by atoms with van der Waals surface area (Å²) in [4.78, 5) is 40.3. The zero-order chi connectivity index (χ0) is 34.2. The van der Waals surface area contributed by atoms with Crippen molar-refractivity contribution >= 4 is 50.3 Å². The fourth-order valence-electron chi connectivity index (χ4n) is 3.45. The molecule has 244 valence electrons. The van der Waals surface area contributed by atoms with Gasteiger partial charge in [0.25, 0.3) is 0 Å². The number of hydrogen-bond acceptors (Lipinski definition) is 8. The van der Waals surface area contributed by atoms with Gasteiger partial charge < -0.3 is 26.6 Å². The van der Waals surface area contributed by atoms with Gasteiger partial charge in [0.05, 0.1) is 4.90 Å². The Hall–Kier alpha value is -4.98. The van der Waals surface area contributed by atoms with Gasteiger partial charge >= 0.3 is 24.3 Å². The summed E-state index contributed by atoms with van der Waals surface area (Å²) in [6.07, 6.45) is -8.30. The van der Waals surface area contributed by atoms with Crippen molar-refractivity contribution in [1.29, 1.82) is 0 Å². The summed E-state index contributed by atoms with van der Waals surface area (Å²) in [6, 6.07) is 14.6. The number of nitrogens with two attached hydrogens (primary N) is 2. The molecular weight excluding hydrogens is 642 g/mol. The number of aliphatic imine (C=N–C) groups is 1. The number of amides is 1. The van der Waals surface area contributed by atoms with E-state index >= 15 is 0 Å². The zero-order valence-electron chi connectivity index (χ0n) is 22.6. The van der Waals surface area contributed by atoms with Crippen molar-refractivity contribution in [2.45, 2.75) is 29.7 Å². The number of alkyl halides is 6. The van der Waals surface area contributed by atoms with E-state index in [0.29, 0.717) is 35.4 Å². The molecule has 4 rings (SSSR count). The maximum absolute atomic E-state index is 12.8. The van der Waals surface area contributed by atoms with E-state index in [1.807, 2.05) is 30.3 Å². The molecule has 1 fully saturated rings. The van der Waals surface area contributed by atoms with Crippen LogP contribution in [-0.4, -0.2) is 83.8 Å². The summed E-state index contributed by atoms with van der Waals surface area (Å²) in [7, 11) is -3.90. The minimum atomic E-state index is -5.08. The number of aromatic nitrogens is 1. The molecule has 2 aromatic carbocycles. The molecule has 1 saturated heterocycles. The number of nitrogens with zero attached hydrogens (tertiary/aromatic N) is 3. The lowest BCUT2D eigenvalue weighted by atomic mass is 10.2. The summed E-state index contributed by atoms with van der Waals surface area (Å²) in [5.41, 5.74) is 12.6. The number of anilines is 1. The first-order valence-corrected chi connectivity index (χ1v) is 13.6. The molecule has 1 amide bonds. The Labute approximate surface area is 250 Å². The van der Waals surface area contributed by atoms with Gasteiger partial charge in [0.2, 0.25) is 15.9 Å². The summed E-state index contributed by atoms with van der Waals surface area (Å²) in [6.45, 7) is 0.456. The maximum atomic E-state index is 12.8. The van der Waals surface area contributed by atoms with Gasteiger partial charge in [-0.05, 0) is 36.1 Å². The van der Waals surface area contributed by atoms with Crippen LogP contribution in [0, 0.1) is 0 Å². The number of hydrogen-bond donors (Lipinski definition) is 5. The predicted octanol–water partition coefficient (Wildman–Crippen LogP) is 2.33. The second-order valence-electron chi connectivity index (χ2n) is 8.80. The fraction of sp³-hybridized carbons (Fsp3) is 0.240. The van der Waals surface area contributed by atoms with Gasteiger partial charge in [-0.1, -0.05) is 30.3 Å². The number of nitrogens with one attached hydrogen (secondary N) is 1. The Morgan fingerprint density at radius 1 is 1.00 bits per heavy atom. The number of benzene rings is 2. The molecule has 1 aromatic heterocycles. The minimum Gasteiger partial charge on any atom is -0.475 e. The number of likely N-dealkylation sites (tertiary alicyclic amines) is 1. The molecule has 0 bridgehead atoms. The standard InChI is InChI=1S/C21H22N6O3S.2C2HF3O2/c22-19(14-4-2-1-3-5-14)25-13-27-11-9-18(21(27)28)26-31(29,30)16-6-7-17-15(12-16)8-10-24-20(17)23;2*3-2(4,5)1(6)7/h1-8,10,12,18,26H,9,11,13H2,(H2,22,25)(H2,23,24);2*(H,6,7)/t18-;;/m0../s1. The summed E-state index contributed by atoms with van der Waals surface area (Å²) < 4.78 is 91.7. The maximum Gasteiger partial charge on any atom is 0.490 e. The van der Waals surface area contributed by atoms with Crippen molar-refractivity contribution in [3.63, 3.8) is 0 Å². The number of pyridine rings is 1. The van der Waals surface area contributed by atoms with Gasteiger partial charge in [0.15, 0.2) is 0 Å². The van der Waals surface area contributed by atoms with Crippen molar-refractivity contribution in [2.75, 3.05) is 18.9 Å². The lowest BCUT2D eigenvalue weighted by Crippen LogP contribution is -2.41. The molecule has 0 aliphatic carbocycles. The molecule has 45 heavy (non-hydrogen) atoms. The molecule has 3 aromatic rings. The number of rotatable bonds is 6. The topological polar surface area (TPSA) is 218 Å². The molecule has 0 unspecified atom stereocenters. The molecular formula is C25H24F6N6O7S. The van der Waals surface area contributed by atoms with Crippen molar-refractivity contribution in [2.24, 2.45) is 10.7 Å². The lowest BCUT2D eigenvalue weighted by Gasteiger charge is -2.16. The number of fused-ring (bicyclic) bond motifs is 1. The van der Waals surface area contributed by atoms with Crippen LogP contribution in [0.25, 0.3) is 10.8 Å². The number of carboxylic acids is 2. The monoisotopic (exact) mass is 666 g/mol. The van der Waals surface area contributed by atoms with E-state index in [-0.39, 0.29) is 17.5 Å². The number of nitrogen functional groups attached to an aromatic ring is 1. The molecule has 7 N–H and O–H groups in total. The van der Waals surface area contributed by atoms with Gasteiger partial charge in [-0.15, -0.1) is 0 Å². The predicted molar refractivity (Wildman–Crippen MR) is 146 cm³/mol. The van der Waals surface area contributed by atoms with E-state index in [0.717, 1.165) is 5.56 Å².